The number of benzene rings is 1. The molecule has 2 N–H and O–H groups in total. The maximum atomic E-state index is 12.5. The van der Waals surface area contributed by atoms with E-state index in [0.29, 0.717) is 16.3 Å². The Labute approximate surface area is 133 Å². The summed E-state index contributed by atoms with van der Waals surface area (Å²) in [7, 11) is 0. The van der Waals surface area contributed by atoms with Gasteiger partial charge in [0.2, 0.25) is 5.91 Å². The highest BCUT2D eigenvalue weighted by Crippen LogP contribution is 2.32. The van der Waals surface area contributed by atoms with Crippen molar-refractivity contribution in [2.24, 2.45) is 0 Å². The predicted octanol–water partition coefficient (Wildman–Crippen LogP) is 2.92. The zero-order chi connectivity index (χ0) is 17.2. The van der Waals surface area contributed by atoms with Gasteiger partial charge in [-0.1, -0.05) is 12.1 Å². The summed E-state index contributed by atoms with van der Waals surface area (Å²) in [5, 5.41) is 0.421. The number of thiazole rings is 1. The van der Waals surface area contributed by atoms with E-state index in [-0.39, 0.29) is 4.88 Å². The molecule has 0 bridgehead atoms. The van der Waals surface area contributed by atoms with E-state index in [1.807, 2.05) is 0 Å². The van der Waals surface area contributed by atoms with Gasteiger partial charge in [-0.25, -0.2) is 4.98 Å². The summed E-state index contributed by atoms with van der Waals surface area (Å²) in [6.07, 6.45) is -4.40. The maximum absolute atomic E-state index is 12.5. The van der Waals surface area contributed by atoms with Gasteiger partial charge in [-0.05, 0) is 19.1 Å². The molecule has 0 aliphatic carbocycles. The molecule has 0 atom stereocenters. The molecule has 0 saturated carbocycles. The number of aromatic nitrogens is 1. The number of aryl methyl sites for hydroxylation is 1. The van der Waals surface area contributed by atoms with Crippen LogP contribution in [0.3, 0.4) is 0 Å². The molecule has 5 nitrogen and oxygen atoms in total. The number of hydrazine groups is 1. The molecule has 2 amide bonds. The lowest BCUT2D eigenvalue weighted by molar-refractivity contribution is -0.137. The zero-order valence-electron chi connectivity index (χ0n) is 12.1. The van der Waals surface area contributed by atoms with Crippen LogP contribution >= 0.6 is 11.3 Å². The van der Waals surface area contributed by atoms with E-state index in [4.69, 9.17) is 0 Å². The number of hydrogen-bond acceptors (Lipinski definition) is 4. The van der Waals surface area contributed by atoms with Crippen LogP contribution in [0.25, 0.3) is 10.6 Å². The van der Waals surface area contributed by atoms with Crippen LogP contribution in [0.5, 0.6) is 0 Å². The Bertz CT molecular complexity index is 739. The highest BCUT2D eigenvalue weighted by molar-refractivity contribution is 7.17. The summed E-state index contributed by atoms with van der Waals surface area (Å²) in [6, 6.07) is 4.53. The molecule has 0 spiro atoms. The molecule has 2 rings (SSSR count). The SMILES string of the molecule is CC(=O)NNC(=O)c1sc(-c2ccc(C(F)(F)F)cc2)nc1C. The minimum atomic E-state index is -4.40. The monoisotopic (exact) mass is 343 g/mol. The second-order valence-corrected chi connectivity index (χ2v) is 5.64. The Hall–Kier alpha value is -2.42. The van der Waals surface area contributed by atoms with Crippen molar-refractivity contribution in [3.05, 3.63) is 40.4 Å². The third-order valence-electron chi connectivity index (χ3n) is 2.81. The minimum absolute atomic E-state index is 0.272. The maximum Gasteiger partial charge on any atom is 0.416 e. The van der Waals surface area contributed by atoms with Crippen LogP contribution < -0.4 is 10.9 Å². The Morgan fingerprint density at radius 3 is 2.26 bits per heavy atom. The zero-order valence-corrected chi connectivity index (χ0v) is 12.9. The molecule has 0 radical (unpaired) electrons. The second kappa shape index (κ2) is 6.37. The van der Waals surface area contributed by atoms with Crippen LogP contribution in [0, 0.1) is 6.92 Å². The van der Waals surface area contributed by atoms with Crippen LogP contribution in [0.4, 0.5) is 13.2 Å². The van der Waals surface area contributed by atoms with Crippen LogP contribution in [-0.2, 0) is 11.0 Å². The fraction of sp³-hybridized carbons (Fsp3) is 0.214. The van der Waals surface area contributed by atoms with Crippen LogP contribution in [0.15, 0.2) is 24.3 Å². The van der Waals surface area contributed by atoms with Crippen molar-refractivity contribution in [1.82, 2.24) is 15.8 Å². The van der Waals surface area contributed by atoms with E-state index in [1.54, 1.807) is 6.92 Å². The van der Waals surface area contributed by atoms with Gasteiger partial charge in [-0.15, -0.1) is 11.3 Å². The molecule has 9 heteroatoms. The summed E-state index contributed by atoms with van der Waals surface area (Å²) < 4.78 is 37.6. The lowest BCUT2D eigenvalue weighted by Crippen LogP contribution is -2.40. The standard InChI is InChI=1S/C14H12F3N3O2S/c1-7-11(12(22)20-19-8(2)21)23-13(18-7)9-3-5-10(6-4-9)14(15,16)17/h3-6H,1-2H3,(H,19,21)(H,20,22). The van der Waals surface area contributed by atoms with Crippen molar-refractivity contribution >= 4 is 23.2 Å². The van der Waals surface area contributed by atoms with Crippen molar-refractivity contribution in [2.45, 2.75) is 20.0 Å². The highest BCUT2D eigenvalue weighted by Gasteiger charge is 2.30. The van der Waals surface area contributed by atoms with Gasteiger partial charge in [0.25, 0.3) is 5.91 Å². The first-order valence-corrected chi connectivity index (χ1v) is 7.22. The number of rotatable bonds is 2. The lowest BCUT2D eigenvalue weighted by Gasteiger charge is -2.06. The molecule has 122 valence electrons. The lowest BCUT2D eigenvalue weighted by atomic mass is 10.1. The molecule has 1 heterocycles. The summed E-state index contributed by atoms with van der Waals surface area (Å²) in [4.78, 5) is 27.1. The summed E-state index contributed by atoms with van der Waals surface area (Å²) >= 11 is 1.03. The molecule has 0 fully saturated rings. The molecule has 1 aromatic carbocycles. The Morgan fingerprint density at radius 2 is 1.74 bits per heavy atom. The Balaban J connectivity index is 2.23. The summed E-state index contributed by atoms with van der Waals surface area (Å²) in [6.45, 7) is 2.85. The van der Waals surface area contributed by atoms with E-state index in [9.17, 15) is 22.8 Å². The normalized spacial score (nSPS) is 11.2. The van der Waals surface area contributed by atoms with Crippen LogP contribution in [0.1, 0.15) is 27.9 Å². The van der Waals surface area contributed by atoms with Gasteiger partial charge in [0.05, 0.1) is 11.3 Å². The van der Waals surface area contributed by atoms with E-state index in [1.165, 1.54) is 19.1 Å². The number of carbonyl (C=O) groups excluding carboxylic acids is 2. The summed E-state index contributed by atoms with van der Waals surface area (Å²) in [5.41, 5.74) is 4.52. The molecular weight excluding hydrogens is 331 g/mol. The quantitative estimate of drug-likeness (QED) is 0.824. The van der Waals surface area contributed by atoms with E-state index in [0.717, 1.165) is 23.5 Å². The third kappa shape index (κ3) is 4.07. The Kier molecular flexibility index (Phi) is 4.69. The molecule has 0 aliphatic heterocycles. The molecule has 0 saturated heterocycles. The summed E-state index contributed by atoms with van der Waals surface area (Å²) in [5.74, 6) is -0.961. The Morgan fingerprint density at radius 1 is 1.13 bits per heavy atom. The predicted molar refractivity (Wildman–Crippen MR) is 78.6 cm³/mol. The number of nitrogens with one attached hydrogen (secondary N) is 2. The number of nitrogens with zero attached hydrogens (tertiary/aromatic N) is 1. The second-order valence-electron chi connectivity index (χ2n) is 4.64. The first-order chi connectivity index (χ1) is 10.7. The molecule has 0 unspecified atom stereocenters. The largest absolute Gasteiger partial charge is 0.416 e. The van der Waals surface area contributed by atoms with E-state index in [2.05, 4.69) is 15.8 Å². The van der Waals surface area contributed by atoms with Gasteiger partial charge >= 0.3 is 6.18 Å². The van der Waals surface area contributed by atoms with E-state index >= 15 is 0 Å². The fourth-order valence-corrected chi connectivity index (χ4v) is 2.70. The number of alkyl halides is 3. The van der Waals surface area contributed by atoms with Crippen molar-refractivity contribution in [2.75, 3.05) is 0 Å². The smallest absolute Gasteiger partial charge is 0.274 e. The topological polar surface area (TPSA) is 71.1 Å². The van der Waals surface area contributed by atoms with Gasteiger partial charge in [-0.3, -0.25) is 20.4 Å². The van der Waals surface area contributed by atoms with Crippen molar-refractivity contribution in [3.63, 3.8) is 0 Å². The number of hydrogen-bond donors (Lipinski definition) is 2. The van der Waals surface area contributed by atoms with Gasteiger partial charge < -0.3 is 0 Å². The van der Waals surface area contributed by atoms with Gasteiger partial charge in [-0.2, -0.15) is 13.2 Å². The van der Waals surface area contributed by atoms with Crippen LogP contribution in [-0.4, -0.2) is 16.8 Å². The molecular formula is C14H12F3N3O2S. The number of halogens is 3. The fourth-order valence-electron chi connectivity index (χ4n) is 1.73. The van der Waals surface area contributed by atoms with Crippen molar-refractivity contribution in [3.8, 4) is 10.6 Å². The average Bonchev–Trinajstić information content (AvgIpc) is 2.86. The molecule has 23 heavy (non-hydrogen) atoms. The van der Waals surface area contributed by atoms with Crippen LogP contribution in [0.2, 0.25) is 0 Å². The average molecular weight is 343 g/mol. The number of amides is 2. The van der Waals surface area contributed by atoms with Gasteiger partial charge in [0.1, 0.15) is 9.88 Å². The van der Waals surface area contributed by atoms with Gasteiger partial charge in [0, 0.05) is 12.5 Å². The minimum Gasteiger partial charge on any atom is -0.274 e. The van der Waals surface area contributed by atoms with E-state index < -0.39 is 23.6 Å². The van der Waals surface area contributed by atoms with Crippen molar-refractivity contribution < 1.29 is 22.8 Å². The third-order valence-corrected chi connectivity index (χ3v) is 4.02. The first kappa shape index (κ1) is 16.9. The first-order valence-electron chi connectivity index (χ1n) is 6.40. The molecule has 1 aromatic heterocycles. The highest BCUT2D eigenvalue weighted by atomic mass is 32.1. The van der Waals surface area contributed by atoms with Crippen molar-refractivity contribution in [1.29, 1.82) is 0 Å². The number of carbonyl (C=O) groups is 2. The molecule has 2 aromatic rings. The molecule has 0 aliphatic rings. The van der Waals surface area contributed by atoms with Gasteiger partial charge in [0.15, 0.2) is 0 Å².